The van der Waals surface area contributed by atoms with E-state index in [4.69, 9.17) is 5.73 Å². The van der Waals surface area contributed by atoms with Gasteiger partial charge in [0.2, 0.25) is 0 Å². The summed E-state index contributed by atoms with van der Waals surface area (Å²) in [6.07, 6.45) is 4.54. The van der Waals surface area contributed by atoms with E-state index in [0.29, 0.717) is 5.92 Å². The summed E-state index contributed by atoms with van der Waals surface area (Å²) in [5.41, 5.74) is 6.84. The van der Waals surface area contributed by atoms with Gasteiger partial charge in [0.05, 0.1) is 0 Å². The van der Waals surface area contributed by atoms with Crippen molar-refractivity contribution in [2.75, 3.05) is 6.54 Å². The smallest absolute Gasteiger partial charge is 0.00743 e. The minimum Gasteiger partial charge on any atom is -0.330 e. The van der Waals surface area contributed by atoms with Gasteiger partial charge in [0, 0.05) is 0 Å². The third-order valence-corrected chi connectivity index (χ3v) is 1.79. The molecule has 0 unspecified atom stereocenters. The second-order valence-corrected chi connectivity index (χ2v) is 3.03. The van der Waals surface area contributed by atoms with Gasteiger partial charge in [0.25, 0.3) is 0 Å². The SMILES string of the molecule is C/C(=C\CCCN)C(C)C. The van der Waals surface area contributed by atoms with Crippen molar-refractivity contribution in [3.63, 3.8) is 0 Å². The van der Waals surface area contributed by atoms with Crippen LogP contribution in [0.15, 0.2) is 11.6 Å². The first kappa shape index (κ1) is 9.70. The molecule has 0 aliphatic heterocycles. The molecule has 0 aliphatic rings. The molecular formula is C9H19N. The molecule has 0 radical (unpaired) electrons. The van der Waals surface area contributed by atoms with Gasteiger partial charge < -0.3 is 5.73 Å². The first-order valence-electron chi connectivity index (χ1n) is 4.05. The summed E-state index contributed by atoms with van der Waals surface area (Å²) in [5.74, 6) is 0.692. The van der Waals surface area contributed by atoms with Gasteiger partial charge in [-0.2, -0.15) is 0 Å². The molecule has 60 valence electrons. The van der Waals surface area contributed by atoms with E-state index in [1.807, 2.05) is 0 Å². The molecule has 1 heteroatoms. The summed E-state index contributed by atoms with van der Waals surface area (Å²) in [6.45, 7) is 7.42. The summed E-state index contributed by atoms with van der Waals surface area (Å²) in [5, 5.41) is 0. The minimum absolute atomic E-state index is 0.692. The molecule has 0 aromatic rings. The Morgan fingerprint density at radius 1 is 1.50 bits per heavy atom. The van der Waals surface area contributed by atoms with Crippen LogP contribution < -0.4 is 5.73 Å². The number of rotatable bonds is 4. The van der Waals surface area contributed by atoms with Gasteiger partial charge in [-0.25, -0.2) is 0 Å². The molecule has 0 amide bonds. The van der Waals surface area contributed by atoms with Gasteiger partial charge in [-0.15, -0.1) is 0 Å². The van der Waals surface area contributed by atoms with Crippen molar-refractivity contribution >= 4 is 0 Å². The van der Waals surface area contributed by atoms with E-state index >= 15 is 0 Å². The lowest BCUT2D eigenvalue weighted by Gasteiger charge is -2.03. The van der Waals surface area contributed by atoms with Crippen molar-refractivity contribution in [2.45, 2.75) is 33.6 Å². The predicted octanol–water partition coefficient (Wildman–Crippen LogP) is 2.33. The molecule has 0 aromatic carbocycles. The molecule has 0 fully saturated rings. The van der Waals surface area contributed by atoms with Gasteiger partial charge in [-0.1, -0.05) is 25.5 Å². The summed E-state index contributed by atoms with van der Waals surface area (Å²) >= 11 is 0. The lowest BCUT2D eigenvalue weighted by molar-refractivity contribution is 0.751. The Kier molecular flexibility index (Phi) is 5.32. The Labute approximate surface area is 64.3 Å². The molecule has 0 spiro atoms. The quantitative estimate of drug-likeness (QED) is 0.472. The zero-order chi connectivity index (χ0) is 7.98. The number of hydrogen-bond acceptors (Lipinski definition) is 1. The zero-order valence-corrected chi connectivity index (χ0v) is 7.35. The molecule has 10 heavy (non-hydrogen) atoms. The van der Waals surface area contributed by atoms with E-state index in [1.54, 1.807) is 0 Å². The second-order valence-electron chi connectivity index (χ2n) is 3.03. The van der Waals surface area contributed by atoms with Crippen molar-refractivity contribution in [3.8, 4) is 0 Å². The van der Waals surface area contributed by atoms with E-state index in [2.05, 4.69) is 26.8 Å². The number of hydrogen-bond donors (Lipinski definition) is 1. The van der Waals surface area contributed by atoms with Gasteiger partial charge in [-0.05, 0) is 32.2 Å². The molecule has 0 saturated carbocycles. The summed E-state index contributed by atoms with van der Waals surface area (Å²) in [7, 11) is 0. The van der Waals surface area contributed by atoms with Gasteiger partial charge in [-0.3, -0.25) is 0 Å². The van der Waals surface area contributed by atoms with Crippen LogP contribution in [0.4, 0.5) is 0 Å². The third-order valence-electron chi connectivity index (χ3n) is 1.79. The van der Waals surface area contributed by atoms with Gasteiger partial charge >= 0.3 is 0 Å². The topological polar surface area (TPSA) is 26.0 Å². The van der Waals surface area contributed by atoms with E-state index < -0.39 is 0 Å². The van der Waals surface area contributed by atoms with Gasteiger partial charge in [0.15, 0.2) is 0 Å². The average Bonchev–Trinajstić information content (AvgIpc) is 1.88. The Balaban J connectivity index is 3.48. The summed E-state index contributed by atoms with van der Waals surface area (Å²) in [4.78, 5) is 0. The van der Waals surface area contributed by atoms with E-state index in [9.17, 15) is 0 Å². The maximum Gasteiger partial charge on any atom is -0.00743 e. The normalized spacial score (nSPS) is 12.7. The number of allylic oxidation sites excluding steroid dienone is 2. The molecule has 0 rings (SSSR count). The fraction of sp³-hybridized carbons (Fsp3) is 0.778. The van der Waals surface area contributed by atoms with Crippen molar-refractivity contribution in [1.82, 2.24) is 0 Å². The molecule has 0 saturated heterocycles. The Bertz CT molecular complexity index is 103. The minimum atomic E-state index is 0.692. The molecule has 0 atom stereocenters. The highest BCUT2D eigenvalue weighted by Gasteiger charge is 1.93. The summed E-state index contributed by atoms with van der Waals surface area (Å²) < 4.78 is 0. The molecule has 0 heterocycles. The van der Waals surface area contributed by atoms with Crippen molar-refractivity contribution in [3.05, 3.63) is 11.6 Å². The van der Waals surface area contributed by atoms with Crippen LogP contribution in [0.25, 0.3) is 0 Å². The van der Waals surface area contributed by atoms with Crippen LogP contribution in [-0.2, 0) is 0 Å². The number of unbranched alkanes of at least 4 members (excludes halogenated alkanes) is 1. The van der Waals surface area contributed by atoms with Crippen molar-refractivity contribution in [1.29, 1.82) is 0 Å². The Hall–Kier alpha value is -0.300. The maximum absolute atomic E-state index is 5.36. The maximum atomic E-state index is 5.36. The molecule has 1 nitrogen and oxygen atoms in total. The highest BCUT2D eigenvalue weighted by Crippen LogP contribution is 2.08. The molecule has 0 aromatic heterocycles. The standard InChI is InChI=1S/C9H19N/c1-8(2)9(3)6-4-5-7-10/h6,8H,4-5,7,10H2,1-3H3/b9-6+. The zero-order valence-electron chi connectivity index (χ0n) is 7.35. The lowest BCUT2D eigenvalue weighted by Crippen LogP contribution is -1.97. The first-order valence-corrected chi connectivity index (χ1v) is 4.05. The highest BCUT2D eigenvalue weighted by atomic mass is 14.5. The van der Waals surface area contributed by atoms with Crippen LogP contribution in [0.5, 0.6) is 0 Å². The fourth-order valence-electron chi connectivity index (χ4n) is 0.683. The third kappa shape index (κ3) is 4.57. The molecule has 0 aliphatic carbocycles. The van der Waals surface area contributed by atoms with Crippen LogP contribution in [0, 0.1) is 5.92 Å². The Morgan fingerprint density at radius 3 is 2.50 bits per heavy atom. The van der Waals surface area contributed by atoms with Crippen molar-refractivity contribution in [2.24, 2.45) is 11.7 Å². The fourth-order valence-corrected chi connectivity index (χ4v) is 0.683. The predicted molar refractivity (Wildman–Crippen MR) is 46.9 cm³/mol. The van der Waals surface area contributed by atoms with Crippen LogP contribution in [0.3, 0.4) is 0 Å². The number of nitrogens with two attached hydrogens (primary N) is 1. The Morgan fingerprint density at radius 2 is 2.10 bits per heavy atom. The second kappa shape index (κ2) is 5.48. The molecule has 2 N–H and O–H groups in total. The molecular weight excluding hydrogens is 122 g/mol. The van der Waals surface area contributed by atoms with Crippen LogP contribution in [0.2, 0.25) is 0 Å². The monoisotopic (exact) mass is 141 g/mol. The highest BCUT2D eigenvalue weighted by molar-refractivity contribution is 5.00. The van der Waals surface area contributed by atoms with E-state index in [1.165, 1.54) is 5.57 Å². The lowest BCUT2D eigenvalue weighted by atomic mass is 10.0. The molecule has 0 bridgehead atoms. The average molecular weight is 141 g/mol. The first-order chi connectivity index (χ1) is 4.68. The van der Waals surface area contributed by atoms with Crippen LogP contribution in [-0.4, -0.2) is 6.54 Å². The summed E-state index contributed by atoms with van der Waals surface area (Å²) in [6, 6.07) is 0. The largest absolute Gasteiger partial charge is 0.330 e. The van der Waals surface area contributed by atoms with Crippen LogP contribution >= 0.6 is 0 Å². The van der Waals surface area contributed by atoms with Crippen molar-refractivity contribution < 1.29 is 0 Å². The van der Waals surface area contributed by atoms with E-state index in [-0.39, 0.29) is 0 Å². The van der Waals surface area contributed by atoms with Crippen LogP contribution in [0.1, 0.15) is 33.6 Å². The van der Waals surface area contributed by atoms with Gasteiger partial charge in [0.1, 0.15) is 0 Å². The van der Waals surface area contributed by atoms with E-state index in [0.717, 1.165) is 19.4 Å².